The zero-order valence-corrected chi connectivity index (χ0v) is 12.5. The fraction of sp³-hybridized carbons (Fsp3) is 0.353. The van der Waals surface area contributed by atoms with Crippen molar-refractivity contribution in [1.29, 1.82) is 0 Å². The van der Waals surface area contributed by atoms with Crippen molar-refractivity contribution in [2.24, 2.45) is 0 Å². The third-order valence-electron chi connectivity index (χ3n) is 3.32. The fourth-order valence-electron chi connectivity index (χ4n) is 2.24. The highest BCUT2D eigenvalue weighted by Crippen LogP contribution is 2.21. The summed E-state index contributed by atoms with van der Waals surface area (Å²) in [5.41, 5.74) is 2.61. The van der Waals surface area contributed by atoms with E-state index in [4.69, 9.17) is 0 Å². The van der Waals surface area contributed by atoms with Crippen LogP contribution in [0.5, 0.6) is 0 Å². The first-order chi connectivity index (χ1) is 9.70. The Kier molecular flexibility index (Phi) is 4.99. The van der Waals surface area contributed by atoms with Gasteiger partial charge in [-0.25, -0.2) is 4.98 Å². The molecule has 2 rings (SSSR count). The van der Waals surface area contributed by atoms with E-state index in [9.17, 15) is 0 Å². The minimum absolute atomic E-state index is 0.241. The van der Waals surface area contributed by atoms with Gasteiger partial charge in [0.2, 0.25) is 0 Å². The second kappa shape index (κ2) is 6.94. The molecule has 2 aromatic rings. The number of nitrogens with one attached hydrogen (secondary N) is 2. The monoisotopic (exact) mass is 269 g/mol. The van der Waals surface area contributed by atoms with Crippen LogP contribution in [0.15, 0.2) is 42.5 Å². The van der Waals surface area contributed by atoms with E-state index in [1.165, 1.54) is 11.1 Å². The first-order valence-corrected chi connectivity index (χ1v) is 7.23. The number of hydrogen-bond acceptors (Lipinski definition) is 3. The van der Waals surface area contributed by atoms with Gasteiger partial charge in [0.15, 0.2) is 0 Å². The zero-order valence-electron chi connectivity index (χ0n) is 12.5. The minimum Gasteiger partial charge on any atom is -0.370 e. The molecule has 1 aromatic heterocycles. The molecule has 106 valence electrons. The quantitative estimate of drug-likeness (QED) is 0.817. The fourth-order valence-corrected chi connectivity index (χ4v) is 2.24. The lowest BCUT2D eigenvalue weighted by atomic mass is 10.0. The molecular weight excluding hydrogens is 246 g/mol. The standard InChI is InChI=1S/C17H23N3/c1-4-12-18-16-10-7-11-17(20-16)19-14(3)15-9-6-5-8-13(15)2/h5-11,14H,4,12H2,1-3H3,(H2,18,19,20). The van der Waals surface area contributed by atoms with Gasteiger partial charge in [-0.15, -0.1) is 0 Å². The zero-order chi connectivity index (χ0) is 14.4. The van der Waals surface area contributed by atoms with E-state index >= 15 is 0 Å². The molecular formula is C17H23N3. The minimum atomic E-state index is 0.241. The van der Waals surface area contributed by atoms with Crippen LogP contribution in [-0.2, 0) is 0 Å². The van der Waals surface area contributed by atoms with Gasteiger partial charge in [-0.1, -0.05) is 37.3 Å². The van der Waals surface area contributed by atoms with Crippen LogP contribution in [0.3, 0.4) is 0 Å². The SMILES string of the molecule is CCCNc1cccc(NC(C)c2ccccc2C)n1. The number of pyridine rings is 1. The molecule has 0 saturated carbocycles. The van der Waals surface area contributed by atoms with Crippen molar-refractivity contribution in [1.82, 2.24) is 4.98 Å². The van der Waals surface area contributed by atoms with Crippen LogP contribution in [0, 0.1) is 6.92 Å². The van der Waals surface area contributed by atoms with E-state index in [-0.39, 0.29) is 6.04 Å². The number of nitrogens with zero attached hydrogens (tertiary/aromatic N) is 1. The highest BCUT2D eigenvalue weighted by Gasteiger charge is 2.08. The molecule has 0 aliphatic rings. The maximum atomic E-state index is 4.58. The summed E-state index contributed by atoms with van der Waals surface area (Å²) in [6.07, 6.45) is 1.10. The van der Waals surface area contributed by atoms with Crippen molar-refractivity contribution in [3.63, 3.8) is 0 Å². The lowest BCUT2D eigenvalue weighted by molar-refractivity contribution is 0.864. The van der Waals surface area contributed by atoms with Crippen molar-refractivity contribution >= 4 is 11.6 Å². The van der Waals surface area contributed by atoms with E-state index in [1.54, 1.807) is 0 Å². The third kappa shape index (κ3) is 3.73. The lowest BCUT2D eigenvalue weighted by Gasteiger charge is -2.17. The molecule has 0 aliphatic carbocycles. The number of rotatable bonds is 6. The number of hydrogen-bond donors (Lipinski definition) is 2. The summed E-state index contributed by atoms with van der Waals surface area (Å²) in [5.74, 6) is 1.83. The Bertz CT molecular complexity index is 551. The Morgan fingerprint density at radius 1 is 1.05 bits per heavy atom. The molecule has 2 N–H and O–H groups in total. The number of anilines is 2. The molecule has 0 fully saturated rings. The van der Waals surface area contributed by atoms with Crippen molar-refractivity contribution in [3.05, 3.63) is 53.6 Å². The molecule has 3 heteroatoms. The van der Waals surface area contributed by atoms with E-state index < -0.39 is 0 Å². The predicted molar refractivity (Wildman–Crippen MR) is 86.2 cm³/mol. The van der Waals surface area contributed by atoms with Crippen LogP contribution in [-0.4, -0.2) is 11.5 Å². The van der Waals surface area contributed by atoms with Gasteiger partial charge >= 0.3 is 0 Å². The molecule has 20 heavy (non-hydrogen) atoms. The molecule has 3 nitrogen and oxygen atoms in total. The molecule has 1 aromatic carbocycles. The highest BCUT2D eigenvalue weighted by atomic mass is 15.1. The Balaban J connectivity index is 2.08. The second-order valence-corrected chi connectivity index (χ2v) is 5.06. The van der Waals surface area contributed by atoms with Crippen LogP contribution in [0.1, 0.15) is 37.4 Å². The summed E-state index contributed by atoms with van der Waals surface area (Å²) in [7, 11) is 0. The topological polar surface area (TPSA) is 37.0 Å². The van der Waals surface area contributed by atoms with E-state index in [0.717, 1.165) is 24.6 Å². The van der Waals surface area contributed by atoms with Crippen molar-refractivity contribution in [2.75, 3.05) is 17.2 Å². The molecule has 0 spiro atoms. The number of benzene rings is 1. The van der Waals surface area contributed by atoms with Gasteiger partial charge in [-0.05, 0) is 43.5 Å². The van der Waals surface area contributed by atoms with Gasteiger partial charge in [0, 0.05) is 6.54 Å². The first kappa shape index (κ1) is 14.4. The van der Waals surface area contributed by atoms with Crippen molar-refractivity contribution < 1.29 is 0 Å². The molecule has 1 unspecified atom stereocenters. The molecule has 1 atom stereocenters. The largest absolute Gasteiger partial charge is 0.370 e. The molecule has 0 bridgehead atoms. The van der Waals surface area contributed by atoms with Gasteiger partial charge in [0.05, 0.1) is 6.04 Å². The summed E-state index contributed by atoms with van der Waals surface area (Å²) in [6.45, 7) is 7.40. The Morgan fingerprint density at radius 3 is 2.55 bits per heavy atom. The Hall–Kier alpha value is -2.03. The van der Waals surface area contributed by atoms with Gasteiger partial charge in [0.25, 0.3) is 0 Å². The molecule has 0 radical (unpaired) electrons. The molecule has 0 saturated heterocycles. The van der Waals surface area contributed by atoms with Crippen molar-refractivity contribution in [2.45, 2.75) is 33.2 Å². The Morgan fingerprint density at radius 2 is 1.80 bits per heavy atom. The maximum Gasteiger partial charge on any atom is 0.128 e. The normalized spacial score (nSPS) is 11.9. The highest BCUT2D eigenvalue weighted by molar-refractivity contribution is 5.47. The average molecular weight is 269 g/mol. The first-order valence-electron chi connectivity index (χ1n) is 7.23. The number of aryl methyl sites for hydroxylation is 1. The van der Waals surface area contributed by atoms with Crippen LogP contribution in [0.4, 0.5) is 11.6 Å². The molecule has 0 aliphatic heterocycles. The summed E-state index contributed by atoms with van der Waals surface area (Å²) in [4.78, 5) is 4.58. The van der Waals surface area contributed by atoms with Crippen LogP contribution < -0.4 is 10.6 Å². The van der Waals surface area contributed by atoms with Crippen LogP contribution in [0.25, 0.3) is 0 Å². The number of aromatic nitrogens is 1. The molecule has 0 amide bonds. The average Bonchev–Trinajstić information content (AvgIpc) is 2.46. The van der Waals surface area contributed by atoms with Crippen molar-refractivity contribution in [3.8, 4) is 0 Å². The summed E-state index contributed by atoms with van der Waals surface area (Å²) in [6, 6.07) is 14.7. The summed E-state index contributed by atoms with van der Waals surface area (Å²) < 4.78 is 0. The lowest BCUT2D eigenvalue weighted by Crippen LogP contribution is -2.10. The van der Waals surface area contributed by atoms with E-state index in [2.05, 4.69) is 60.7 Å². The molecule has 1 heterocycles. The van der Waals surface area contributed by atoms with Gasteiger partial charge in [-0.2, -0.15) is 0 Å². The second-order valence-electron chi connectivity index (χ2n) is 5.06. The Labute approximate surface area is 121 Å². The smallest absolute Gasteiger partial charge is 0.128 e. The predicted octanol–water partition coefficient (Wildman–Crippen LogP) is 4.39. The summed E-state index contributed by atoms with van der Waals surface area (Å²) >= 11 is 0. The summed E-state index contributed by atoms with van der Waals surface area (Å²) in [5, 5.41) is 6.77. The van der Waals surface area contributed by atoms with Gasteiger partial charge in [0.1, 0.15) is 11.6 Å². The van der Waals surface area contributed by atoms with Crippen LogP contribution >= 0.6 is 0 Å². The van der Waals surface area contributed by atoms with Gasteiger partial charge < -0.3 is 10.6 Å². The third-order valence-corrected chi connectivity index (χ3v) is 3.32. The van der Waals surface area contributed by atoms with Crippen LogP contribution in [0.2, 0.25) is 0 Å². The maximum absolute atomic E-state index is 4.58. The van der Waals surface area contributed by atoms with Gasteiger partial charge in [-0.3, -0.25) is 0 Å². The van der Waals surface area contributed by atoms with E-state index in [1.807, 2.05) is 18.2 Å². The van der Waals surface area contributed by atoms with E-state index in [0.29, 0.717) is 0 Å².